The van der Waals surface area contributed by atoms with Gasteiger partial charge in [-0.1, -0.05) is 56.6 Å². The Bertz CT molecular complexity index is 840. The van der Waals surface area contributed by atoms with Gasteiger partial charge in [-0.15, -0.1) is 0 Å². The summed E-state index contributed by atoms with van der Waals surface area (Å²) in [5, 5.41) is 3.38. The fourth-order valence-electron chi connectivity index (χ4n) is 3.27. The van der Waals surface area contributed by atoms with Crippen LogP contribution in [-0.4, -0.2) is 20.1 Å². The summed E-state index contributed by atoms with van der Waals surface area (Å²) >= 11 is 6.18. The summed E-state index contributed by atoms with van der Waals surface area (Å²) in [6.07, 6.45) is 0.854. The molecule has 2 aromatic rings. The van der Waals surface area contributed by atoms with Gasteiger partial charge in [-0.2, -0.15) is 0 Å². The molecule has 5 heteroatoms. The lowest BCUT2D eigenvalue weighted by molar-refractivity contribution is -0.117. The molecule has 0 bridgehead atoms. The van der Waals surface area contributed by atoms with Gasteiger partial charge in [-0.05, 0) is 34.9 Å². The first-order chi connectivity index (χ1) is 12.7. The highest BCUT2D eigenvalue weighted by molar-refractivity contribution is 6.32. The van der Waals surface area contributed by atoms with E-state index in [4.69, 9.17) is 21.1 Å². The van der Waals surface area contributed by atoms with Gasteiger partial charge in [0.25, 0.3) is 0 Å². The molecule has 0 heterocycles. The second kappa shape index (κ2) is 7.43. The second-order valence-corrected chi connectivity index (χ2v) is 8.40. The molecule has 1 N–H and O–H groups in total. The topological polar surface area (TPSA) is 47.6 Å². The number of nitrogens with one attached hydrogen (secondary N) is 1. The van der Waals surface area contributed by atoms with Gasteiger partial charge < -0.3 is 14.8 Å². The lowest BCUT2D eigenvalue weighted by Gasteiger charge is -2.19. The van der Waals surface area contributed by atoms with E-state index in [9.17, 15) is 4.79 Å². The summed E-state index contributed by atoms with van der Waals surface area (Å²) in [5.74, 6) is 1.25. The number of benzene rings is 2. The van der Waals surface area contributed by atoms with Crippen LogP contribution in [0.3, 0.4) is 0 Å². The Labute approximate surface area is 165 Å². The van der Waals surface area contributed by atoms with E-state index in [1.807, 2.05) is 0 Å². The van der Waals surface area contributed by atoms with Crippen LogP contribution in [0, 0.1) is 5.92 Å². The number of ether oxygens (including phenoxy) is 2. The van der Waals surface area contributed by atoms with Gasteiger partial charge in [-0.3, -0.25) is 4.79 Å². The molecule has 0 saturated heterocycles. The summed E-state index contributed by atoms with van der Waals surface area (Å²) < 4.78 is 10.5. The molecule has 2 aromatic carbocycles. The van der Waals surface area contributed by atoms with Crippen molar-refractivity contribution in [3.05, 3.63) is 52.5 Å². The fraction of sp³-hybridized carbons (Fsp3) is 0.409. The molecule has 1 aliphatic carbocycles. The maximum Gasteiger partial charge on any atom is 0.228 e. The van der Waals surface area contributed by atoms with Gasteiger partial charge >= 0.3 is 0 Å². The van der Waals surface area contributed by atoms with Crippen LogP contribution in [0.25, 0.3) is 0 Å². The lowest BCUT2D eigenvalue weighted by atomic mass is 9.86. The Balaban J connectivity index is 1.70. The molecule has 1 amide bonds. The van der Waals surface area contributed by atoms with Crippen LogP contribution < -0.4 is 14.8 Å². The maximum atomic E-state index is 12.7. The Morgan fingerprint density at radius 1 is 1.07 bits per heavy atom. The molecule has 1 fully saturated rings. The highest BCUT2D eigenvalue weighted by atomic mass is 35.5. The molecule has 144 valence electrons. The number of methoxy groups -OCH3 is 2. The fourth-order valence-corrected chi connectivity index (χ4v) is 3.51. The Morgan fingerprint density at radius 3 is 2.26 bits per heavy atom. The minimum absolute atomic E-state index is 0.0144. The summed E-state index contributed by atoms with van der Waals surface area (Å²) in [6, 6.07) is 11.9. The standard InChI is InChI=1S/C22H26ClNO3/c1-22(2,3)14-8-6-13(7-9-14)15-10-16(15)21(25)24-18-11-17(23)19(26-4)12-20(18)27-5/h6-9,11-12,15-16H,10H2,1-5H3,(H,24,25)/t15-,16-/m1/s1. The van der Waals surface area contributed by atoms with E-state index in [2.05, 4.69) is 50.4 Å². The van der Waals surface area contributed by atoms with Gasteiger partial charge in [0.1, 0.15) is 11.5 Å². The zero-order valence-corrected chi connectivity index (χ0v) is 17.2. The van der Waals surface area contributed by atoms with Crippen LogP contribution in [-0.2, 0) is 10.2 Å². The predicted molar refractivity (Wildman–Crippen MR) is 109 cm³/mol. The van der Waals surface area contributed by atoms with Crippen LogP contribution in [0.1, 0.15) is 44.2 Å². The first kappa shape index (κ1) is 19.6. The van der Waals surface area contributed by atoms with E-state index in [1.165, 1.54) is 11.1 Å². The lowest BCUT2D eigenvalue weighted by Crippen LogP contribution is -2.15. The molecular formula is C22H26ClNO3. The molecular weight excluding hydrogens is 362 g/mol. The monoisotopic (exact) mass is 387 g/mol. The van der Waals surface area contributed by atoms with Gasteiger partial charge in [-0.25, -0.2) is 0 Å². The van der Waals surface area contributed by atoms with Crippen molar-refractivity contribution in [1.82, 2.24) is 0 Å². The minimum Gasteiger partial charge on any atom is -0.495 e. The first-order valence-electron chi connectivity index (χ1n) is 9.07. The van der Waals surface area contributed by atoms with Gasteiger partial charge in [0.05, 0.1) is 24.9 Å². The highest BCUT2D eigenvalue weighted by Gasteiger charge is 2.44. The average Bonchev–Trinajstić information content (AvgIpc) is 3.42. The molecule has 0 unspecified atom stereocenters. The van der Waals surface area contributed by atoms with Gasteiger partial charge in [0, 0.05) is 12.0 Å². The van der Waals surface area contributed by atoms with Crippen LogP contribution in [0.2, 0.25) is 5.02 Å². The maximum absolute atomic E-state index is 12.7. The second-order valence-electron chi connectivity index (χ2n) is 8.00. The Morgan fingerprint density at radius 2 is 1.70 bits per heavy atom. The average molecular weight is 388 g/mol. The molecule has 0 aromatic heterocycles. The molecule has 3 rings (SSSR count). The summed E-state index contributed by atoms with van der Waals surface area (Å²) in [7, 11) is 3.09. The quantitative estimate of drug-likeness (QED) is 0.747. The van der Waals surface area contributed by atoms with Crippen molar-refractivity contribution in [3.8, 4) is 11.5 Å². The smallest absolute Gasteiger partial charge is 0.228 e. The summed E-state index contributed by atoms with van der Waals surface area (Å²) in [6.45, 7) is 6.59. The molecule has 4 nitrogen and oxygen atoms in total. The Kier molecular flexibility index (Phi) is 5.38. The van der Waals surface area contributed by atoms with Crippen molar-refractivity contribution < 1.29 is 14.3 Å². The normalized spacial score (nSPS) is 18.7. The third-order valence-electron chi connectivity index (χ3n) is 5.06. The predicted octanol–water partition coefficient (Wildman–Crippen LogP) is 5.40. The number of amides is 1. The number of halogens is 1. The van der Waals surface area contributed by atoms with E-state index in [0.29, 0.717) is 22.2 Å². The van der Waals surface area contributed by atoms with Crippen LogP contribution in [0.4, 0.5) is 5.69 Å². The van der Waals surface area contributed by atoms with Crippen LogP contribution >= 0.6 is 11.6 Å². The van der Waals surface area contributed by atoms with Crippen molar-refractivity contribution in [1.29, 1.82) is 0 Å². The highest BCUT2D eigenvalue weighted by Crippen LogP contribution is 2.48. The van der Waals surface area contributed by atoms with Crippen LogP contribution in [0.5, 0.6) is 11.5 Å². The largest absolute Gasteiger partial charge is 0.495 e. The van der Waals surface area contributed by atoms with Crippen LogP contribution in [0.15, 0.2) is 36.4 Å². The van der Waals surface area contributed by atoms with E-state index >= 15 is 0 Å². The number of rotatable bonds is 5. The molecule has 0 aliphatic heterocycles. The molecule has 27 heavy (non-hydrogen) atoms. The molecule has 2 atom stereocenters. The third-order valence-corrected chi connectivity index (χ3v) is 5.36. The van der Waals surface area contributed by atoms with E-state index in [1.54, 1.807) is 26.4 Å². The molecule has 0 spiro atoms. The van der Waals surface area contributed by atoms with Crippen molar-refractivity contribution in [2.75, 3.05) is 19.5 Å². The number of hydrogen-bond acceptors (Lipinski definition) is 3. The summed E-state index contributed by atoms with van der Waals surface area (Å²) in [5.41, 5.74) is 3.19. The van der Waals surface area contributed by atoms with E-state index in [0.717, 1.165) is 6.42 Å². The third kappa shape index (κ3) is 4.22. The SMILES string of the molecule is COc1cc(OC)c(NC(=O)[C@@H]2C[C@@H]2c2ccc(C(C)(C)C)cc2)cc1Cl. The van der Waals surface area contributed by atoms with Crippen molar-refractivity contribution in [3.63, 3.8) is 0 Å². The van der Waals surface area contributed by atoms with E-state index in [-0.39, 0.29) is 23.2 Å². The van der Waals surface area contributed by atoms with Crippen molar-refractivity contribution in [2.24, 2.45) is 5.92 Å². The number of anilines is 1. The van der Waals surface area contributed by atoms with Crippen molar-refractivity contribution in [2.45, 2.75) is 38.5 Å². The number of carbonyl (C=O) groups is 1. The molecule has 0 radical (unpaired) electrons. The van der Waals surface area contributed by atoms with E-state index < -0.39 is 0 Å². The zero-order valence-electron chi connectivity index (χ0n) is 16.4. The van der Waals surface area contributed by atoms with Gasteiger partial charge in [0.15, 0.2) is 0 Å². The zero-order chi connectivity index (χ0) is 19.8. The number of carbonyl (C=O) groups excluding carboxylic acids is 1. The van der Waals surface area contributed by atoms with Crippen molar-refractivity contribution >= 4 is 23.2 Å². The first-order valence-corrected chi connectivity index (χ1v) is 9.45. The molecule has 1 saturated carbocycles. The summed E-state index contributed by atoms with van der Waals surface area (Å²) in [4.78, 5) is 12.7. The van der Waals surface area contributed by atoms with Gasteiger partial charge in [0.2, 0.25) is 5.91 Å². The Hall–Kier alpha value is -2.20. The number of hydrogen-bond donors (Lipinski definition) is 1. The molecule has 1 aliphatic rings. The minimum atomic E-state index is -0.0314.